The molecule has 1 rings (SSSR count). The minimum atomic E-state index is 1.10. The molecule has 0 saturated carbocycles. The van der Waals surface area contributed by atoms with Crippen LogP contribution in [0, 0.1) is 6.92 Å². The average molecular weight is 264 g/mol. The lowest BCUT2D eigenvalue weighted by Gasteiger charge is -2.00. The van der Waals surface area contributed by atoms with E-state index in [2.05, 4.69) is 41.7 Å². The van der Waals surface area contributed by atoms with Crippen molar-refractivity contribution >= 4 is 0 Å². The van der Waals surface area contributed by atoms with Gasteiger partial charge in [-0.2, -0.15) is 0 Å². The number of unbranched alkanes of at least 4 members (excludes halogenated alkanes) is 8. The van der Waals surface area contributed by atoms with Gasteiger partial charge in [-0.25, -0.2) is 9.13 Å². The fourth-order valence-corrected chi connectivity index (χ4v) is 2.40. The van der Waals surface area contributed by atoms with Crippen molar-refractivity contribution in [3.8, 4) is 0 Å². The molecule has 2 nitrogen and oxygen atoms in total. The molecule has 0 aliphatic heterocycles. The highest BCUT2D eigenvalue weighted by Gasteiger charge is 2.02. The zero-order valence-electron chi connectivity index (χ0n) is 12.8. The molecule has 0 amide bonds. The minimum Gasteiger partial charge on any atom is -0.237 e. The van der Waals surface area contributed by atoms with Crippen molar-refractivity contribution in [3.05, 3.63) is 25.6 Å². The quantitative estimate of drug-likeness (QED) is 0.387. The van der Waals surface area contributed by atoms with Crippen molar-refractivity contribution in [2.75, 3.05) is 0 Å². The van der Waals surface area contributed by atoms with Gasteiger partial charge in [0.05, 0.1) is 13.1 Å². The summed E-state index contributed by atoms with van der Waals surface area (Å²) in [7, 11) is 0. The number of imidazole rings is 1. The van der Waals surface area contributed by atoms with Crippen LogP contribution in [0.25, 0.3) is 0 Å². The zero-order valence-corrected chi connectivity index (χ0v) is 12.8. The Kier molecular flexibility index (Phi) is 9.48. The van der Waals surface area contributed by atoms with Gasteiger partial charge in [0.15, 0.2) is 0 Å². The smallest absolute Gasteiger partial charge is 0.237 e. The summed E-state index contributed by atoms with van der Waals surface area (Å²) in [6.45, 7) is 8.47. The second-order valence-corrected chi connectivity index (χ2v) is 5.57. The van der Waals surface area contributed by atoms with Crippen LogP contribution in [0.2, 0.25) is 0 Å². The minimum absolute atomic E-state index is 1.10. The standard InChI is InChI=1S/C17H32N2/c1-3-5-7-8-9-10-11-12-14-19-16-15-18(17-19)13-6-4-2/h15-17H,1,3-14H2,2H3/q+1. The van der Waals surface area contributed by atoms with Crippen LogP contribution in [-0.4, -0.2) is 4.57 Å². The monoisotopic (exact) mass is 264 g/mol. The Hall–Kier alpha value is -0.790. The third kappa shape index (κ3) is 8.07. The van der Waals surface area contributed by atoms with E-state index < -0.39 is 0 Å². The Morgan fingerprint density at radius 3 is 2.32 bits per heavy atom. The Bertz CT molecular complexity index is 304. The number of aromatic nitrogens is 2. The number of nitrogens with zero attached hydrogens (tertiary/aromatic N) is 2. The van der Waals surface area contributed by atoms with Crippen molar-refractivity contribution < 1.29 is 4.57 Å². The molecule has 109 valence electrons. The van der Waals surface area contributed by atoms with Crippen LogP contribution in [0.4, 0.5) is 0 Å². The molecule has 1 heterocycles. The summed E-state index contributed by atoms with van der Waals surface area (Å²) in [5.41, 5.74) is 0. The lowest BCUT2D eigenvalue weighted by molar-refractivity contribution is -0.696. The van der Waals surface area contributed by atoms with Crippen molar-refractivity contribution in [2.45, 2.75) is 84.2 Å². The highest BCUT2D eigenvalue weighted by atomic mass is 15.1. The van der Waals surface area contributed by atoms with E-state index in [1.807, 2.05) is 0 Å². The largest absolute Gasteiger partial charge is 0.243 e. The van der Waals surface area contributed by atoms with Gasteiger partial charge in [-0.15, -0.1) is 0 Å². The average Bonchev–Trinajstić information content (AvgIpc) is 2.87. The molecule has 1 aromatic heterocycles. The van der Waals surface area contributed by atoms with E-state index in [1.165, 1.54) is 64.3 Å². The topological polar surface area (TPSA) is 8.81 Å². The first-order valence-corrected chi connectivity index (χ1v) is 8.21. The summed E-state index contributed by atoms with van der Waals surface area (Å²) < 4.78 is 4.64. The van der Waals surface area contributed by atoms with Crippen molar-refractivity contribution in [2.24, 2.45) is 0 Å². The van der Waals surface area contributed by atoms with Crippen molar-refractivity contribution in [3.63, 3.8) is 0 Å². The Morgan fingerprint density at radius 1 is 0.947 bits per heavy atom. The number of hydrogen-bond donors (Lipinski definition) is 0. The predicted molar refractivity (Wildman–Crippen MR) is 81.8 cm³/mol. The molecule has 0 fully saturated rings. The van der Waals surface area contributed by atoms with Crippen LogP contribution in [0.15, 0.2) is 18.7 Å². The summed E-state index contributed by atoms with van der Waals surface area (Å²) >= 11 is 0. The van der Waals surface area contributed by atoms with Gasteiger partial charge < -0.3 is 0 Å². The first-order valence-electron chi connectivity index (χ1n) is 8.21. The van der Waals surface area contributed by atoms with E-state index in [4.69, 9.17) is 0 Å². The molecule has 0 atom stereocenters. The molecule has 1 radical (unpaired) electrons. The molecular weight excluding hydrogens is 232 g/mol. The maximum Gasteiger partial charge on any atom is 0.243 e. The third-order valence-corrected chi connectivity index (χ3v) is 3.68. The van der Waals surface area contributed by atoms with Crippen LogP contribution in [0.1, 0.15) is 71.1 Å². The zero-order chi connectivity index (χ0) is 13.8. The van der Waals surface area contributed by atoms with E-state index in [0.717, 1.165) is 13.0 Å². The van der Waals surface area contributed by atoms with Gasteiger partial charge in [-0.05, 0) is 19.3 Å². The van der Waals surface area contributed by atoms with Gasteiger partial charge >= 0.3 is 0 Å². The van der Waals surface area contributed by atoms with Gasteiger partial charge in [0.2, 0.25) is 6.33 Å². The maximum absolute atomic E-state index is 3.88. The van der Waals surface area contributed by atoms with Crippen LogP contribution in [0.5, 0.6) is 0 Å². The predicted octanol–water partition coefficient (Wildman–Crippen LogP) is 4.53. The lowest BCUT2D eigenvalue weighted by atomic mass is 10.1. The Morgan fingerprint density at radius 2 is 1.63 bits per heavy atom. The third-order valence-electron chi connectivity index (χ3n) is 3.68. The van der Waals surface area contributed by atoms with Crippen molar-refractivity contribution in [1.82, 2.24) is 4.57 Å². The molecule has 0 unspecified atom stereocenters. The highest BCUT2D eigenvalue weighted by Crippen LogP contribution is 2.08. The second kappa shape index (κ2) is 11.1. The van der Waals surface area contributed by atoms with Crippen LogP contribution < -0.4 is 4.57 Å². The molecule has 0 N–H and O–H groups in total. The molecule has 0 aromatic carbocycles. The van der Waals surface area contributed by atoms with Gasteiger partial charge in [0, 0.05) is 0 Å². The lowest BCUT2D eigenvalue weighted by Crippen LogP contribution is -2.30. The Balaban J connectivity index is 1.98. The molecule has 1 aromatic rings. The van der Waals surface area contributed by atoms with Gasteiger partial charge in [-0.1, -0.05) is 58.8 Å². The van der Waals surface area contributed by atoms with E-state index in [-0.39, 0.29) is 0 Å². The molecule has 0 spiro atoms. The molecule has 0 aliphatic carbocycles. The fourth-order valence-electron chi connectivity index (χ4n) is 2.40. The summed E-state index contributed by atoms with van der Waals surface area (Å²) in [4.78, 5) is 0. The van der Waals surface area contributed by atoms with Crippen LogP contribution >= 0.6 is 0 Å². The van der Waals surface area contributed by atoms with Crippen LogP contribution in [-0.2, 0) is 13.1 Å². The van der Waals surface area contributed by atoms with Crippen molar-refractivity contribution in [1.29, 1.82) is 0 Å². The van der Waals surface area contributed by atoms with E-state index in [1.54, 1.807) is 0 Å². The molecule has 2 heteroatoms. The Labute approximate surface area is 119 Å². The summed E-state index contributed by atoms with van der Waals surface area (Å²) in [6.07, 6.45) is 19.9. The first-order chi connectivity index (χ1) is 9.36. The van der Waals surface area contributed by atoms with E-state index in [9.17, 15) is 0 Å². The van der Waals surface area contributed by atoms with Gasteiger partial charge in [-0.3, -0.25) is 0 Å². The highest BCUT2D eigenvalue weighted by molar-refractivity contribution is 4.65. The number of rotatable bonds is 12. The molecule has 0 aliphatic rings. The SMILES string of the molecule is [CH2]CCCCCCCCC[n+]1ccn(CCCC)c1. The molecule has 0 saturated heterocycles. The molecular formula is C17H32N2+. The first kappa shape index (κ1) is 16.3. The van der Waals surface area contributed by atoms with E-state index in [0.29, 0.717) is 0 Å². The van der Waals surface area contributed by atoms with Gasteiger partial charge in [0.1, 0.15) is 12.4 Å². The molecule has 19 heavy (non-hydrogen) atoms. The normalized spacial score (nSPS) is 11.1. The summed E-state index contributed by atoms with van der Waals surface area (Å²) in [5.74, 6) is 0. The summed E-state index contributed by atoms with van der Waals surface area (Å²) in [6, 6.07) is 0. The number of hydrogen-bond acceptors (Lipinski definition) is 0. The molecule has 0 bridgehead atoms. The van der Waals surface area contributed by atoms with Crippen LogP contribution in [0.3, 0.4) is 0 Å². The maximum atomic E-state index is 3.88. The van der Waals surface area contributed by atoms with Gasteiger partial charge in [0.25, 0.3) is 0 Å². The number of aryl methyl sites for hydroxylation is 2. The van der Waals surface area contributed by atoms with E-state index >= 15 is 0 Å². The second-order valence-electron chi connectivity index (χ2n) is 5.57. The fraction of sp³-hybridized carbons (Fsp3) is 0.765. The summed E-state index contributed by atoms with van der Waals surface area (Å²) in [5, 5.41) is 0.